The highest BCUT2D eigenvalue weighted by Crippen LogP contribution is 2.30. The number of nitro benzene ring substituents is 1. The van der Waals surface area contributed by atoms with Gasteiger partial charge >= 0.3 is 5.97 Å². The van der Waals surface area contributed by atoms with E-state index in [0.717, 1.165) is 11.3 Å². The van der Waals surface area contributed by atoms with Crippen LogP contribution in [0.2, 0.25) is 0 Å². The van der Waals surface area contributed by atoms with Crippen LogP contribution < -0.4 is 4.74 Å². The lowest BCUT2D eigenvalue weighted by Gasteiger charge is -2.01. The molecule has 6 nitrogen and oxygen atoms in total. The fraction of sp³-hybridized carbons (Fsp3) is 0. The molecule has 0 radical (unpaired) electrons. The van der Waals surface area contributed by atoms with Crippen LogP contribution in [0.3, 0.4) is 0 Å². The van der Waals surface area contributed by atoms with Crippen molar-refractivity contribution >= 4 is 23.0 Å². The zero-order chi connectivity index (χ0) is 13.1. The second-order valence-corrected chi connectivity index (χ2v) is 4.32. The first-order chi connectivity index (χ1) is 8.56. The van der Waals surface area contributed by atoms with Gasteiger partial charge in [-0.1, -0.05) is 11.3 Å². The molecule has 1 aromatic heterocycles. The van der Waals surface area contributed by atoms with Crippen molar-refractivity contribution in [2.24, 2.45) is 0 Å². The summed E-state index contributed by atoms with van der Waals surface area (Å²) >= 11 is 0.991. The maximum absolute atomic E-state index is 10.7. The summed E-state index contributed by atoms with van der Waals surface area (Å²) in [5.41, 5.74) is -0.0280. The van der Waals surface area contributed by atoms with E-state index in [1.165, 1.54) is 36.4 Å². The van der Waals surface area contributed by atoms with Gasteiger partial charge in [0.1, 0.15) is 10.6 Å². The number of nitro groups is 1. The van der Waals surface area contributed by atoms with Crippen LogP contribution in [0.4, 0.5) is 5.69 Å². The van der Waals surface area contributed by atoms with Crippen LogP contribution in [0.1, 0.15) is 9.67 Å². The minimum atomic E-state index is -1.02. The molecule has 0 amide bonds. The van der Waals surface area contributed by atoms with Crippen LogP contribution >= 0.6 is 11.3 Å². The van der Waals surface area contributed by atoms with E-state index in [2.05, 4.69) is 0 Å². The average Bonchev–Trinajstić information content (AvgIpc) is 2.78. The number of carboxylic acids is 1. The van der Waals surface area contributed by atoms with Gasteiger partial charge < -0.3 is 9.84 Å². The Bertz CT molecular complexity index is 590. The summed E-state index contributed by atoms with van der Waals surface area (Å²) in [5.74, 6) is -0.599. The quantitative estimate of drug-likeness (QED) is 0.677. The number of rotatable bonds is 4. The molecule has 7 heteroatoms. The first-order valence-corrected chi connectivity index (χ1v) is 5.63. The van der Waals surface area contributed by atoms with Crippen molar-refractivity contribution in [1.82, 2.24) is 0 Å². The number of benzene rings is 1. The van der Waals surface area contributed by atoms with E-state index >= 15 is 0 Å². The number of non-ortho nitro benzene ring substituents is 1. The molecule has 0 bridgehead atoms. The molecule has 0 fully saturated rings. The minimum Gasteiger partial charge on any atom is -0.477 e. The summed E-state index contributed by atoms with van der Waals surface area (Å²) in [5, 5.41) is 19.6. The van der Waals surface area contributed by atoms with Gasteiger partial charge in [0.25, 0.3) is 5.69 Å². The third kappa shape index (κ3) is 2.64. The molecule has 1 heterocycles. The Hall–Kier alpha value is -2.41. The first-order valence-electron chi connectivity index (χ1n) is 4.82. The molecule has 0 saturated carbocycles. The molecular formula is C11H7NO5S. The van der Waals surface area contributed by atoms with E-state index in [1.807, 2.05) is 0 Å². The molecule has 0 aliphatic rings. The molecule has 0 aliphatic carbocycles. The Morgan fingerprint density at radius 3 is 2.39 bits per heavy atom. The van der Waals surface area contributed by atoms with Gasteiger partial charge in [0, 0.05) is 12.1 Å². The summed E-state index contributed by atoms with van der Waals surface area (Å²) in [6, 6.07) is 8.53. The largest absolute Gasteiger partial charge is 0.477 e. The van der Waals surface area contributed by atoms with Crippen molar-refractivity contribution in [1.29, 1.82) is 0 Å². The molecule has 1 N–H and O–H groups in total. The molecule has 0 unspecified atom stereocenters. The molecule has 0 saturated heterocycles. The smallest absolute Gasteiger partial charge is 0.345 e. The molecule has 2 rings (SSSR count). The Morgan fingerprint density at radius 2 is 1.89 bits per heavy atom. The summed E-state index contributed by atoms with van der Waals surface area (Å²) in [4.78, 5) is 20.8. The summed E-state index contributed by atoms with van der Waals surface area (Å²) in [7, 11) is 0. The van der Waals surface area contributed by atoms with Gasteiger partial charge in [-0.05, 0) is 24.3 Å². The highest BCUT2D eigenvalue weighted by Gasteiger charge is 2.09. The Labute approximate surface area is 105 Å². The molecule has 0 spiro atoms. The van der Waals surface area contributed by atoms with Crippen molar-refractivity contribution in [3.63, 3.8) is 0 Å². The number of hydrogen-bond acceptors (Lipinski definition) is 5. The predicted molar refractivity (Wildman–Crippen MR) is 64.4 cm³/mol. The number of thiophene rings is 1. The fourth-order valence-electron chi connectivity index (χ4n) is 1.24. The van der Waals surface area contributed by atoms with Crippen molar-refractivity contribution in [2.45, 2.75) is 0 Å². The Balaban J connectivity index is 2.13. The lowest BCUT2D eigenvalue weighted by Crippen LogP contribution is -1.89. The van der Waals surface area contributed by atoms with Crippen LogP contribution in [-0.4, -0.2) is 16.0 Å². The maximum atomic E-state index is 10.7. The fourth-order valence-corrected chi connectivity index (χ4v) is 1.96. The lowest BCUT2D eigenvalue weighted by molar-refractivity contribution is -0.384. The molecule has 92 valence electrons. The van der Waals surface area contributed by atoms with Crippen molar-refractivity contribution in [3.05, 3.63) is 51.4 Å². The summed E-state index contributed by atoms with van der Waals surface area (Å²) in [6.07, 6.45) is 0. The van der Waals surface area contributed by atoms with Gasteiger partial charge in [-0.2, -0.15) is 0 Å². The standard InChI is InChI=1S/C11H7NO5S/c13-11(14)9-5-6-10(18-9)17-8-3-1-7(2-4-8)12(15)16/h1-6H,(H,13,14). The minimum absolute atomic E-state index is 0.0280. The normalized spacial score (nSPS) is 10.0. The Kier molecular flexibility index (Phi) is 3.24. The predicted octanol–water partition coefficient (Wildman–Crippen LogP) is 3.15. The van der Waals surface area contributed by atoms with E-state index in [0.29, 0.717) is 10.8 Å². The van der Waals surface area contributed by atoms with Crippen molar-refractivity contribution < 1.29 is 19.6 Å². The molecule has 18 heavy (non-hydrogen) atoms. The van der Waals surface area contributed by atoms with Gasteiger partial charge in [-0.25, -0.2) is 4.79 Å². The second kappa shape index (κ2) is 4.84. The van der Waals surface area contributed by atoms with Gasteiger partial charge in [-0.15, -0.1) is 0 Å². The van der Waals surface area contributed by atoms with Crippen LogP contribution in [0, 0.1) is 10.1 Å². The van der Waals surface area contributed by atoms with Crippen molar-refractivity contribution in [3.8, 4) is 10.8 Å². The number of hydrogen-bond donors (Lipinski definition) is 1. The third-order valence-corrected chi connectivity index (χ3v) is 3.01. The third-order valence-electron chi connectivity index (χ3n) is 2.06. The van der Waals surface area contributed by atoms with E-state index in [4.69, 9.17) is 9.84 Å². The van der Waals surface area contributed by atoms with E-state index in [1.54, 1.807) is 0 Å². The topological polar surface area (TPSA) is 89.7 Å². The van der Waals surface area contributed by atoms with E-state index in [-0.39, 0.29) is 10.6 Å². The molecule has 1 aromatic carbocycles. The molecule has 0 aliphatic heterocycles. The van der Waals surface area contributed by atoms with Gasteiger partial charge in [0.15, 0.2) is 5.06 Å². The van der Waals surface area contributed by atoms with Crippen LogP contribution in [0.5, 0.6) is 10.8 Å². The SMILES string of the molecule is O=C(O)c1ccc(Oc2ccc([N+](=O)[O-])cc2)s1. The number of aromatic carboxylic acids is 1. The van der Waals surface area contributed by atoms with Gasteiger partial charge in [0.2, 0.25) is 0 Å². The number of carboxylic acid groups (broad SMARTS) is 1. The monoisotopic (exact) mass is 265 g/mol. The summed E-state index contributed by atoms with van der Waals surface area (Å²) < 4.78 is 5.38. The van der Waals surface area contributed by atoms with E-state index in [9.17, 15) is 14.9 Å². The van der Waals surface area contributed by atoms with Crippen molar-refractivity contribution in [2.75, 3.05) is 0 Å². The Morgan fingerprint density at radius 1 is 1.22 bits per heavy atom. The van der Waals surface area contributed by atoms with Gasteiger partial charge in [0.05, 0.1) is 4.92 Å². The maximum Gasteiger partial charge on any atom is 0.345 e. The number of carbonyl (C=O) groups is 1. The lowest BCUT2D eigenvalue weighted by atomic mass is 10.3. The van der Waals surface area contributed by atoms with Crippen LogP contribution in [-0.2, 0) is 0 Å². The van der Waals surface area contributed by atoms with Gasteiger partial charge in [-0.3, -0.25) is 10.1 Å². The number of ether oxygens (including phenoxy) is 1. The summed E-state index contributed by atoms with van der Waals surface area (Å²) in [6.45, 7) is 0. The van der Waals surface area contributed by atoms with Crippen LogP contribution in [0.15, 0.2) is 36.4 Å². The zero-order valence-corrected chi connectivity index (χ0v) is 9.72. The van der Waals surface area contributed by atoms with Crippen LogP contribution in [0.25, 0.3) is 0 Å². The highest BCUT2D eigenvalue weighted by atomic mass is 32.1. The molecular weight excluding hydrogens is 258 g/mol. The average molecular weight is 265 g/mol. The highest BCUT2D eigenvalue weighted by molar-refractivity contribution is 7.15. The zero-order valence-electron chi connectivity index (χ0n) is 8.90. The molecule has 0 atom stereocenters. The molecule has 2 aromatic rings. The first kappa shape index (κ1) is 12.1. The second-order valence-electron chi connectivity index (χ2n) is 3.28. The van der Waals surface area contributed by atoms with E-state index < -0.39 is 10.9 Å². The number of nitrogens with zero attached hydrogens (tertiary/aromatic N) is 1.